The van der Waals surface area contributed by atoms with E-state index in [1.165, 1.54) is 0 Å². The van der Waals surface area contributed by atoms with Crippen LogP contribution in [0.25, 0.3) is 17.6 Å². The fraction of sp³-hybridized carbons (Fsp3) is 0. The first-order valence-electron chi connectivity index (χ1n) is 3.68. The zero-order chi connectivity index (χ0) is 8.13. The van der Waals surface area contributed by atoms with Crippen molar-refractivity contribution in [3.8, 4) is 0 Å². The summed E-state index contributed by atoms with van der Waals surface area (Å²) in [5, 5.41) is 4.71. The summed E-state index contributed by atoms with van der Waals surface area (Å²) < 4.78 is 0. The van der Waals surface area contributed by atoms with Crippen molar-refractivity contribution in [3.05, 3.63) is 32.4 Å². The molecule has 0 spiro atoms. The van der Waals surface area contributed by atoms with Crippen LogP contribution in [0.2, 0.25) is 0 Å². The maximum atomic E-state index is 11.6. The lowest BCUT2D eigenvalue weighted by atomic mass is 10.1. The van der Waals surface area contributed by atoms with E-state index in [9.17, 15) is 4.79 Å². The Morgan fingerprint density at radius 2 is 2.33 bits per heavy atom. The molecule has 1 aliphatic carbocycles. The van der Waals surface area contributed by atoms with Crippen molar-refractivity contribution in [2.24, 2.45) is 0 Å². The zero-order valence-electron chi connectivity index (χ0n) is 6.13. The lowest BCUT2D eigenvalue weighted by Gasteiger charge is -1.99. The Bertz CT molecular complexity index is 565. The third-order valence-electron chi connectivity index (χ3n) is 2.09. The molecular formula is C9H5NOS. The van der Waals surface area contributed by atoms with Gasteiger partial charge in [0.1, 0.15) is 0 Å². The second-order valence-corrected chi connectivity index (χ2v) is 3.67. The summed E-state index contributed by atoms with van der Waals surface area (Å²) in [6.07, 6.45) is 5.64. The van der Waals surface area contributed by atoms with Gasteiger partial charge in [-0.1, -0.05) is 17.8 Å². The molecule has 1 aliphatic heterocycles. The van der Waals surface area contributed by atoms with E-state index in [4.69, 9.17) is 0 Å². The average molecular weight is 175 g/mol. The van der Waals surface area contributed by atoms with E-state index in [2.05, 4.69) is 4.98 Å². The van der Waals surface area contributed by atoms with Gasteiger partial charge in [-0.25, -0.2) is 0 Å². The first kappa shape index (κ1) is 6.31. The van der Waals surface area contributed by atoms with Crippen molar-refractivity contribution in [1.82, 2.24) is 4.98 Å². The van der Waals surface area contributed by atoms with Crippen molar-refractivity contribution < 1.29 is 0 Å². The number of thioether (sulfide) groups is 1. The van der Waals surface area contributed by atoms with Crippen LogP contribution in [0.15, 0.2) is 15.9 Å². The molecule has 0 aromatic carbocycles. The lowest BCUT2D eigenvalue weighted by molar-refractivity contribution is 1.06. The molecule has 1 aromatic rings. The number of hydrogen-bond donors (Lipinski definition) is 1. The summed E-state index contributed by atoms with van der Waals surface area (Å²) in [7, 11) is 0. The predicted octanol–water partition coefficient (Wildman–Crippen LogP) is 0.0259. The van der Waals surface area contributed by atoms with Gasteiger partial charge in [-0.3, -0.25) is 4.79 Å². The third kappa shape index (κ3) is 0.599. The second kappa shape index (κ2) is 1.93. The van der Waals surface area contributed by atoms with Crippen LogP contribution in [0.5, 0.6) is 0 Å². The van der Waals surface area contributed by atoms with Gasteiger partial charge in [0.15, 0.2) is 5.43 Å². The van der Waals surface area contributed by atoms with Gasteiger partial charge < -0.3 is 4.98 Å². The van der Waals surface area contributed by atoms with Crippen molar-refractivity contribution >= 4 is 29.3 Å². The molecule has 58 valence electrons. The summed E-state index contributed by atoms with van der Waals surface area (Å²) in [5.74, 6) is 0. The minimum Gasteiger partial charge on any atom is -0.348 e. The van der Waals surface area contributed by atoms with Gasteiger partial charge in [-0.05, 0) is 12.2 Å². The van der Waals surface area contributed by atoms with Crippen LogP contribution in [0.4, 0.5) is 0 Å². The van der Waals surface area contributed by atoms with Crippen molar-refractivity contribution in [3.63, 3.8) is 0 Å². The number of aromatic amines is 1. The standard InChI is InChI=1S/C9H5NOS/c11-8-5-2-1-3-6(8)9-10-7(5)4-12-9/h1-4,10H. The van der Waals surface area contributed by atoms with Gasteiger partial charge in [0.25, 0.3) is 0 Å². The van der Waals surface area contributed by atoms with Gasteiger partial charge in [0, 0.05) is 10.6 Å². The van der Waals surface area contributed by atoms with Crippen LogP contribution in [0, 0.1) is 0 Å². The molecule has 0 radical (unpaired) electrons. The molecule has 0 atom stereocenters. The summed E-state index contributed by atoms with van der Waals surface area (Å²) >= 11 is 1.59. The highest BCUT2D eigenvalue weighted by molar-refractivity contribution is 8.06. The van der Waals surface area contributed by atoms with Gasteiger partial charge in [-0.2, -0.15) is 0 Å². The van der Waals surface area contributed by atoms with Gasteiger partial charge in [0.2, 0.25) is 0 Å². The maximum absolute atomic E-state index is 11.6. The number of hydrogen-bond acceptors (Lipinski definition) is 2. The smallest absolute Gasteiger partial charge is 0.197 e. The number of rotatable bonds is 0. The molecule has 2 heterocycles. The Kier molecular flexibility index (Phi) is 1.01. The Hall–Kier alpha value is -1.22. The minimum atomic E-state index is 0.155. The Morgan fingerprint density at radius 1 is 1.42 bits per heavy atom. The number of H-pyrrole nitrogens is 1. The largest absolute Gasteiger partial charge is 0.348 e. The zero-order valence-corrected chi connectivity index (χ0v) is 6.94. The molecule has 4 bridgehead atoms. The van der Waals surface area contributed by atoms with Gasteiger partial charge in [0.05, 0.1) is 15.9 Å². The predicted molar refractivity (Wildman–Crippen MR) is 50.1 cm³/mol. The molecule has 12 heavy (non-hydrogen) atoms. The van der Waals surface area contributed by atoms with Crippen LogP contribution < -0.4 is 16.0 Å². The third-order valence-corrected chi connectivity index (χ3v) is 3.00. The average Bonchev–Trinajstić information content (AvgIpc) is 2.47. The maximum Gasteiger partial charge on any atom is 0.197 e. The first-order chi connectivity index (χ1) is 5.86. The van der Waals surface area contributed by atoms with E-state index >= 15 is 0 Å². The number of pyridine rings is 1. The van der Waals surface area contributed by atoms with Gasteiger partial charge >= 0.3 is 0 Å². The topological polar surface area (TPSA) is 32.9 Å². The molecule has 0 amide bonds. The van der Waals surface area contributed by atoms with E-state index in [-0.39, 0.29) is 5.43 Å². The van der Waals surface area contributed by atoms with Crippen molar-refractivity contribution in [1.29, 1.82) is 0 Å². The second-order valence-electron chi connectivity index (χ2n) is 2.79. The Balaban J connectivity index is 2.79. The van der Waals surface area contributed by atoms with Crippen LogP contribution in [0.1, 0.15) is 5.56 Å². The Labute approximate surface area is 72.3 Å². The van der Waals surface area contributed by atoms with Gasteiger partial charge in [-0.15, -0.1) is 0 Å². The molecule has 0 saturated heterocycles. The summed E-state index contributed by atoms with van der Waals surface area (Å²) in [6.45, 7) is 0. The molecule has 1 N–H and O–H groups in total. The monoisotopic (exact) mass is 175 g/mol. The normalized spacial score (nSPS) is 15.7. The molecule has 2 nitrogen and oxygen atoms in total. The summed E-state index contributed by atoms with van der Waals surface area (Å²) in [5.41, 5.74) is 0.956. The highest BCUT2D eigenvalue weighted by Gasteiger charge is 2.13. The van der Waals surface area contributed by atoms with Crippen molar-refractivity contribution in [2.45, 2.75) is 5.03 Å². The van der Waals surface area contributed by atoms with Crippen LogP contribution in [-0.2, 0) is 0 Å². The molecule has 1 aromatic heterocycles. The molecule has 0 saturated carbocycles. The lowest BCUT2D eigenvalue weighted by Crippen LogP contribution is -2.41. The molecule has 3 heteroatoms. The van der Waals surface area contributed by atoms with E-state index < -0.39 is 0 Å². The van der Waals surface area contributed by atoms with E-state index in [1.54, 1.807) is 11.8 Å². The quantitative estimate of drug-likeness (QED) is 0.603. The fourth-order valence-electron chi connectivity index (χ4n) is 1.49. The highest BCUT2D eigenvalue weighted by Crippen LogP contribution is 2.21. The van der Waals surface area contributed by atoms with Crippen LogP contribution in [-0.4, -0.2) is 4.98 Å². The fourth-order valence-corrected chi connectivity index (χ4v) is 2.37. The number of aromatic nitrogens is 1. The first-order valence-corrected chi connectivity index (χ1v) is 4.56. The summed E-state index contributed by atoms with van der Waals surface area (Å²) in [4.78, 5) is 14.8. The Morgan fingerprint density at radius 3 is 3.25 bits per heavy atom. The van der Waals surface area contributed by atoms with Crippen LogP contribution >= 0.6 is 11.8 Å². The highest BCUT2D eigenvalue weighted by atomic mass is 32.2. The van der Waals surface area contributed by atoms with Crippen molar-refractivity contribution in [2.75, 3.05) is 0 Å². The van der Waals surface area contributed by atoms with E-state index in [0.717, 1.165) is 21.2 Å². The van der Waals surface area contributed by atoms with E-state index in [0.29, 0.717) is 0 Å². The SMILES string of the molecule is O=c1c2c3[nH]c(c1=CC=C2)=CS3. The molecule has 2 aliphatic rings. The molecule has 3 rings (SSSR count). The number of fused-ring (bicyclic) bond motifs is 6. The van der Waals surface area contributed by atoms with E-state index in [1.807, 2.05) is 23.6 Å². The molecule has 0 unspecified atom stereocenters. The van der Waals surface area contributed by atoms with Crippen LogP contribution in [0.3, 0.4) is 0 Å². The number of nitrogens with one attached hydrogen (secondary N) is 1. The molecule has 0 fully saturated rings. The minimum absolute atomic E-state index is 0.155. The number of allylic oxidation sites excluding steroid dienone is 1. The molecular weight excluding hydrogens is 170 g/mol. The summed E-state index contributed by atoms with van der Waals surface area (Å²) in [6, 6.07) is 0.